The Labute approximate surface area is 78.8 Å². The second kappa shape index (κ2) is 3.22. The van der Waals surface area contributed by atoms with Crippen LogP contribution in [0.2, 0.25) is 0 Å². The van der Waals surface area contributed by atoms with Gasteiger partial charge in [-0.3, -0.25) is 4.90 Å². The average molecular weight is 205 g/mol. The van der Waals surface area contributed by atoms with Gasteiger partial charge in [0.2, 0.25) is 0 Å². The fourth-order valence-corrected chi connectivity index (χ4v) is 3.36. The van der Waals surface area contributed by atoms with Crippen molar-refractivity contribution in [3.63, 3.8) is 0 Å². The Bertz CT molecular complexity index is 284. The maximum Gasteiger partial charge on any atom is 0.153 e. The fraction of sp³-hybridized carbons (Fsp3) is 1.00. The second-order valence-electron chi connectivity index (χ2n) is 3.91. The zero-order valence-electron chi connectivity index (χ0n) is 7.77. The van der Waals surface area contributed by atoms with Gasteiger partial charge in [0.15, 0.2) is 9.84 Å². The van der Waals surface area contributed by atoms with E-state index in [2.05, 4.69) is 4.90 Å². The third kappa shape index (κ3) is 2.42. The molecule has 0 amide bonds. The molecule has 2 atom stereocenters. The van der Waals surface area contributed by atoms with Gasteiger partial charge in [-0.15, -0.1) is 0 Å². The van der Waals surface area contributed by atoms with E-state index in [1.807, 2.05) is 6.92 Å². The van der Waals surface area contributed by atoms with Crippen LogP contribution in [0.4, 0.5) is 0 Å². The standard InChI is InChI=1S/C8H15NO3S/c1-7-6-13(10,11)3-2-9(7)4-8-5-12-8/h7-8H,2-6H2,1H3. The summed E-state index contributed by atoms with van der Waals surface area (Å²) in [6.45, 7) is 4.38. The minimum atomic E-state index is -2.76. The summed E-state index contributed by atoms with van der Waals surface area (Å²) in [5, 5.41) is 0. The second-order valence-corrected chi connectivity index (χ2v) is 6.14. The molecule has 0 aliphatic carbocycles. The van der Waals surface area contributed by atoms with Crippen molar-refractivity contribution in [1.82, 2.24) is 4.90 Å². The van der Waals surface area contributed by atoms with Crippen LogP contribution in [-0.2, 0) is 14.6 Å². The number of ether oxygens (including phenoxy) is 1. The van der Waals surface area contributed by atoms with Crippen LogP contribution < -0.4 is 0 Å². The van der Waals surface area contributed by atoms with Gasteiger partial charge in [0, 0.05) is 19.1 Å². The normalized spacial score (nSPS) is 38.8. The van der Waals surface area contributed by atoms with E-state index in [1.54, 1.807) is 0 Å². The number of nitrogens with zero attached hydrogens (tertiary/aromatic N) is 1. The molecule has 0 aromatic heterocycles. The highest BCUT2D eigenvalue weighted by Crippen LogP contribution is 2.16. The molecule has 2 rings (SSSR count). The Morgan fingerprint density at radius 1 is 1.54 bits per heavy atom. The van der Waals surface area contributed by atoms with Crippen LogP contribution in [0.1, 0.15) is 6.92 Å². The molecule has 2 aliphatic heterocycles. The maximum absolute atomic E-state index is 11.3. The molecule has 0 radical (unpaired) electrons. The lowest BCUT2D eigenvalue weighted by Gasteiger charge is -2.32. The van der Waals surface area contributed by atoms with Gasteiger partial charge in [0.05, 0.1) is 24.2 Å². The summed E-state index contributed by atoms with van der Waals surface area (Å²) in [7, 11) is -2.76. The lowest BCUT2D eigenvalue weighted by molar-refractivity contribution is 0.204. The molecule has 0 aromatic rings. The molecular formula is C8H15NO3S. The molecule has 5 heteroatoms. The highest BCUT2D eigenvalue weighted by atomic mass is 32.2. The highest BCUT2D eigenvalue weighted by Gasteiger charge is 2.33. The monoisotopic (exact) mass is 205 g/mol. The number of sulfone groups is 1. The van der Waals surface area contributed by atoms with Crippen molar-refractivity contribution in [1.29, 1.82) is 0 Å². The zero-order chi connectivity index (χ0) is 9.47. The molecule has 0 aromatic carbocycles. The highest BCUT2D eigenvalue weighted by molar-refractivity contribution is 7.91. The summed E-state index contributed by atoms with van der Waals surface area (Å²) in [5.41, 5.74) is 0. The predicted molar refractivity (Wildman–Crippen MR) is 49.4 cm³/mol. The third-order valence-corrected chi connectivity index (χ3v) is 4.44. The molecule has 2 unspecified atom stereocenters. The Morgan fingerprint density at radius 3 is 2.77 bits per heavy atom. The van der Waals surface area contributed by atoms with E-state index in [4.69, 9.17) is 4.74 Å². The van der Waals surface area contributed by atoms with Crippen molar-refractivity contribution in [3.8, 4) is 0 Å². The molecule has 13 heavy (non-hydrogen) atoms. The molecule has 0 saturated carbocycles. The summed E-state index contributed by atoms with van der Waals surface area (Å²) < 4.78 is 27.6. The summed E-state index contributed by atoms with van der Waals surface area (Å²) >= 11 is 0. The van der Waals surface area contributed by atoms with E-state index in [-0.39, 0.29) is 6.04 Å². The number of hydrogen-bond acceptors (Lipinski definition) is 4. The molecule has 2 saturated heterocycles. The Kier molecular flexibility index (Phi) is 2.33. The molecule has 0 spiro atoms. The van der Waals surface area contributed by atoms with Crippen molar-refractivity contribution in [2.45, 2.75) is 19.1 Å². The van der Waals surface area contributed by atoms with Gasteiger partial charge in [-0.25, -0.2) is 8.42 Å². The van der Waals surface area contributed by atoms with E-state index < -0.39 is 9.84 Å². The first-order chi connectivity index (χ1) is 6.07. The third-order valence-electron chi connectivity index (χ3n) is 2.65. The lowest BCUT2D eigenvalue weighted by atomic mass is 10.3. The average Bonchev–Trinajstić information content (AvgIpc) is 2.77. The molecule has 2 aliphatic rings. The molecular weight excluding hydrogens is 190 g/mol. The first-order valence-electron chi connectivity index (χ1n) is 4.63. The van der Waals surface area contributed by atoms with Crippen molar-refractivity contribution in [2.24, 2.45) is 0 Å². The first kappa shape index (κ1) is 9.43. The van der Waals surface area contributed by atoms with Crippen LogP contribution in [0.3, 0.4) is 0 Å². The van der Waals surface area contributed by atoms with E-state index in [9.17, 15) is 8.42 Å². The van der Waals surface area contributed by atoms with E-state index in [0.29, 0.717) is 24.2 Å². The van der Waals surface area contributed by atoms with Gasteiger partial charge in [-0.2, -0.15) is 0 Å². The summed E-state index contributed by atoms with van der Waals surface area (Å²) in [5.74, 6) is 0.615. The molecule has 76 valence electrons. The van der Waals surface area contributed by atoms with E-state index in [1.165, 1.54) is 0 Å². The fourth-order valence-electron chi connectivity index (χ4n) is 1.74. The van der Waals surface area contributed by atoms with Crippen molar-refractivity contribution in [3.05, 3.63) is 0 Å². The summed E-state index contributed by atoms with van der Waals surface area (Å²) in [6.07, 6.45) is 0.364. The van der Waals surface area contributed by atoms with Crippen molar-refractivity contribution in [2.75, 3.05) is 31.2 Å². The number of rotatable bonds is 2. The molecule has 4 nitrogen and oxygen atoms in total. The largest absolute Gasteiger partial charge is 0.372 e. The Hall–Kier alpha value is -0.130. The number of epoxide rings is 1. The van der Waals surface area contributed by atoms with Gasteiger partial charge in [0.25, 0.3) is 0 Å². The predicted octanol–water partition coefficient (Wildman–Crippen LogP) is -0.496. The first-order valence-corrected chi connectivity index (χ1v) is 6.45. The Balaban J connectivity index is 1.92. The van der Waals surface area contributed by atoms with Crippen molar-refractivity contribution < 1.29 is 13.2 Å². The van der Waals surface area contributed by atoms with E-state index in [0.717, 1.165) is 13.2 Å². The topological polar surface area (TPSA) is 49.9 Å². The van der Waals surface area contributed by atoms with Crippen LogP contribution in [0.25, 0.3) is 0 Å². The summed E-state index contributed by atoms with van der Waals surface area (Å²) in [6, 6.07) is 0.156. The molecule has 2 fully saturated rings. The SMILES string of the molecule is CC1CS(=O)(=O)CCN1CC1CO1. The van der Waals surface area contributed by atoms with Gasteiger partial charge < -0.3 is 4.74 Å². The molecule has 0 bridgehead atoms. The van der Waals surface area contributed by atoms with Crippen LogP contribution in [0.5, 0.6) is 0 Å². The zero-order valence-corrected chi connectivity index (χ0v) is 8.59. The van der Waals surface area contributed by atoms with Crippen molar-refractivity contribution >= 4 is 9.84 Å². The summed E-state index contributed by atoms with van der Waals surface area (Å²) in [4.78, 5) is 2.21. The lowest BCUT2D eigenvalue weighted by Crippen LogP contribution is -2.48. The minimum Gasteiger partial charge on any atom is -0.372 e. The van der Waals surface area contributed by atoms with Gasteiger partial charge in [-0.1, -0.05) is 0 Å². The molecule has 0 N–H and O–H groups in total. The van der Waals surface area contributed by atoms with E-state index >= 15 is 0 Å². The van der Waals surface area contributed by atoms with Crippen LogP contribution in [0, 0.1) is 0 Å². The van der Waals surface area contributed by atoms with Gasteiger partial charge >= 0.3 is 0 Å². The van der Waals surface area contributed by atoms with Gasteiger partial charge in [-0.05, 0) is 6.92 Å². The molecule has 2 heterocycles. The minimum absolute atomic E-state index is 0.156. The van der Waals surface area contributed by atoms with Crippen LogP contribution in [0.15, 0.2) is 0 Å². The quantitative estimate of drug-likeness (QED) is 0.570. The van der Waals surface area contributed by atoms with Crippen LogP contribution >= 0.6 is 0 Å². The van der Waals surface area contributed by atoms with Gasteiger partial charge in [0.1, 0.15) is 0 Å². The smallest absolute Gasteiger partial charge is 0.153 e. The maximum atomic E-state index is 11.3. The Morgan fingerprint density at radius 2 is 2.23 bits per heavy atom. The van der Waals surface area contributed by atoms with Crippen LogP contribution in [-0.4, -0.2) is 56.7 Å². The number of hydrogen-bond donors (Lipinski definition) is 0.